The van der Waals surface area contributed by atoms with Gasteiger partial charge in [-0.2, -0.15) is 0 Å². The minimum Gasteiger partial charge on any atom is -0.310 e. The molecule has 5 heteroatoms. The number of hydrogen-bond donors (Lipinski definition) is 3. The molecule has 13 heavy (non-hydrogen) atoms. The van der Waals surface area contributed by atoms with Gasteiger partial charge in [0.05, 0.1) is 0 Å². The third-order valence-corrected chi connectivity index (χ3v) is 1.52. The summed E-state index contributed by atoms with van der Waals surface area (Å²) >= 11 is 0. The maximum absolute atomic E-state index is 10.9. The lowest BCUT2D eigenvalue weighted by Gasteiger charge is -2.06. The van der Waals surface area contributed by atoms with Gasteiger partial charge in [0.15, 0.2) is 0 Å². The van der Waals surface area contributed by atoms with E-state index in [9.17, 15) is 9.59 Å². The Morgan fingerprint density at radius 3 is 2.62 bits per heavy atom. The zero-order chi connectivity index (χ0) is 9.84. The molecule has 0 amide bonds. The molecule has 0 spiro atoms. The summed E-state index contributed by atoms with van der Waals surface area (Å²) in [7, 11) is 0. The lowest BCUT2D eigenvalue weighted by Crippen LogP contribution is -2.28. The number of aromatic nitrogens is 2. The average Bonchev–Trinajstić information content (AvgIpc) is 1.99. The fourth-order valence-electron chi connectivity index (χ4n) is 0.929. The minimum atomic E-state index is -0.465. The molecule has 0 fully saturated rings. The van der Waals surface area contributed by atoms with Crippen molar-refractivity contribution in [1.82, 2.24) is 15.3 Å². The summed E-state index contributed by atoms with van der Waals surface area (Å²) in [5.41, 5.74) is -0.236. The van der Waals surface area contributed by atoms with Gasteiger partial charge in [-0.3, -0.25) is 9.78 Å². The molecule has 1 aromatic rings. The first-order chi connectivity index (χ1) is 6.08. The first kappa shape index (κ1) is 9.73. The van der Waals surface area contributed by atoms with Gasteiger partial charge in [0.2, 0.25) is 0 Å². The van der Waals surface area contributed by atoms with Gasteiger partial charge >= 0.3 is 5.69 Å². The Balaban J connectivity index is 2.78. The molecule has 72 valence electrons. The summed E-state index contributed by atoms with van der Waals surface area (Å²) in [5, 5.41) is 3.09. The molecule has 1 aromatic heterocycles. The van der Waals surface area contributed by atoms with Crippen LogP contribution in [0, 0.1) is 0 Å². The van der Waals surface area contributed by atoms with Crippen LogP contribution in [0.25, 0.3) is 0 Å². The van der Waals surface area contributed by atoms with Crippen molar-refractivity contribution in [1.29, 1.82) is 0 Å². The van der Waals surface area contributed by atoms with Gasteiger partial charge in [-0.25, -0.2) is 4.79 Å². The normalized spacial score (nSPS) is 10.7. The molecular formula is C8H13N3O2. The highest BCUT2D eigenvalue weighted by molar-refractivity contribution is 4.97. The van der Waals surface area contributed by atoms with E-state index >= 15 is 0 Å². The second kappa shape index (κ2) is 4.04. The summed E-state index contributed by atoms with van der Waals surface area (Å²) in [6, 6.07) is 1.69. The fraction of sp³-hybridized carbons (Fsp3) is 0.500. The molecule has 0 unspecified atom stereocenters. The van der Waals surface area contributed by atoms with Gasteiger partial charge in [0, 0.05) is 24.3 Å². The van der Waals surface area contributed by atoms with Crippen LogP contribution >= 0.6 is 0 Å². The van der Waals surface area contributed by atoms with Gasteiger partial charge in [-0.1, -0.05) is 13.8 Å². The molecule has 0 radical (unpaired) electrons. The number of hydrogen-bond acceptors (Lipinski definition) is 3. The number of H-pyrrole nitrogens is 2. The van der Waals surface area contributed by atoms with E-state index in [0.717, 1.165) is 0 Å². The fourth-order valence-corrected chi connectivity index (χ4v) is 0.929. The molecule has 0 aromatic carbocycles. The molecular weight excluding hydrogens is 170 g/mol. The number of aromatic amines is 2. The first-order valence-electron chi connectivity index (χ1n) is 4.14. The van der Waals surface area contributed by atoms with E-state index in [1.54, 1.807) is 0 Å². The second-order valence-corrected chi connectivity index (χ2v) is 3.15. The average molecular weight is 183 g/mol. The van der Waals surface area contributed by atoms with Crippen molar-refractivity contribution in [2.24, 2.45) is 0 Å². The molecule has 0 saturated carbocycles. The van der Waals surface area contributed by atoms with Gasteiger partial charge in [-0.15, -0.1) is 0 Å². The lowest BCUT2D eigenvalue weighted by atomic mass is 10.3. The molecule has 0 aliphatic rings. The molecule has 0 aliphatic carbocycles. The summed E-state index contributed by atoms with van der Waals surface area (Å²) in [6.45, 7) is 4.48. The predicted molar refractivity (Wildman–Crippen MR) is 49.7 cm³/mol. The summed E-state index contributed by atoms with van der Waals surface area (Å²) in [4.78, 5) is 26.3. The van der Waals surface area contributed by atoms with Crippen LogP contribution in [-0.2, 0) is 6.54 Å². The van der Waals surface area contributed by atoms with Gasteiger partial charge in [0.1, 0.15) is 0 Å². The third-order valence-electron chi connectivity index (χ3n) is 1.52. The van der Waals surface area contributed by atoms with Crippen LogP contribution in [0.1, 0.15) is 19.5 Å². The van der Waals surface area contributed by atoms with Crippen LogP contribution in [0.2, 0.25) is 0 Å². The van der Waals surface area contributed by atoms with Crippen molar-refractivity contribution in [3.8, 4) is 0 Å². The van der Waals surface area contributed by atoms with E-state index in [4.69, 9.17) is 0 Å². The van der Waals surface area contributed by atoms with E-state index in [2.05, 4.69) is 15.3 Å². The smallest absolute Gasteiger partial charge is 0.310 e. The standard InChI is InChI=1S/C8H13N3O2/c1-5(2)9-4-6-3-7(12)11-8(13)10-6/h3,5,9H,4H2,1-2H3,(H2,10,11,12,13). The first-order valence-corrected chi connectivity index (χ1v) is 4.14. The second-order valence-electron chi connectivity index (χ2n) is 3.15. The van der Waals surface area contributed by atoms with Gasteiger partial charge < -0.3 is 10.3 Å². The van der Waals surface area contributed by atoms with E-state index in [0.29, 0.717) is 18.3 Å². The van der Waals surface area contributed by atoms with Crippen LogP contribution in [0.5, 0.6) is 0 Å². The van der Waals surface area contributed by atoms with E-state index in [1.807, 2.05) is 13.8 Å². The topological polar surface area (TPSA) is 77.8 Å². The van der Waals surface area contributed by atoms with Crippen LogP contribution in [-0.4, -0.2) is 16.0 Å². The largest absolute Gasteiger partial charge is 0.325 e. The molecule has 1 heterocycles. The zero-order valence-corrected chi connectivity index (χ0v) is 7.68. The molecule has 0 aliphatic heterocycles. The number of nitrogens with one attached hydrogen (secondary N) is 3. The maximum Gasteiger partial charge on any atom is 0.325 e. The quantitative estimate of drug-likeness (QED) is 0.594. The molecule has 3 N–H and O–H groups in total. The summed E-state index contributed by atoms with van der Waals surface area (Å²) in [5.74, 6) is 0. The van der Waals surface area contributed by atoms with Crippen LogP contribution in [0.3, 0.4) is 0 Å². The highest BCUT2D eigenvalue weighted by Gasteiger charge is 1.97. The Morgan fingerprint density at radius 1 is 1.38 bits per heavy atom. The molecule has 0 bridgehead atoms. The Kier molecular flexibility index (Phi) is 3.02. The molecule has 1 rings (SSSR count). The molecule has 0 atom stereocenters. The predicted octanol–water partition coefficient (Wildman–Crippen LogP) is -0.439. The highest BCUT2D eigenvalue weighted by Crippen LogP contribution is 1.86. The third kappa shape index (κ3) is 3.25. The minimum absolute atomic E-state index is 0.322. The molecule has 5 nitrogen and oxygen atoms in total. The van der Waals surface area contributed by atoms with E-state index < -0.39 is 5.69 Å². The number of rotatable bonds is 3. The zero-order valence-electron chi connectivity index (χ0n) is 7.68. The maximum atomic E-state index is 10.9. The van der Waals surface area contributed by atoms with Crippen LogP contribution in [0.15, 0.2) is 15.7 Å². The van der Waals surface area contributed by atoms with Crippen LogP contribution in [0.4, 0.5) is 0 Å². The van der Waals surface area contributed by atoms with E-state index in [1.165, 1.54) is 6.07 Å². The summed E-state index contributed by atoms with van der Waals surface area (Å²) < 4.78 is 0. The Bertz CT molecular complexity index is 349. The Morgan fingerprint density at radius 2 is 2.08 bits per heavy atom. The van der Waals surface area contributed by atoms with Crippen molar-refractivity contribution >= 4 is 0 Å². The lowest BCUT2D eigenvalue weighted by molar-refractivity contribution is 0.579. The SMILES string of the molecule is CC(C)NCc1cc(=O)[nH]c(=O)[nH]1. The van der Waals surface area contributed by atoms with Crippen LogP contribution < -0.4 is 16.6 Å². The Hall–Kier alpha value is -1.36. The highest BCUT2D eigenvalue weighted by atomic mass is 16.2. The van der Waals surface area contributed by atoms with Crippen molar-refractivity contribution in [3.05, 3.63) is 32.6 Å². The van der Waals surface area contributed by atoms with Gasteiger partial charge in [0.25, 0.3) is 5.56 Å². The monoisotopic (exact) mass is 183 g/mol. The summed E-state index contributed by atoms with van der Waals surface area (Å²) in [6.07, 6.45) is 0. The molecule has 0 saturated heterocycles. The Labute approximate surface area is 75.2 Å². The van der Waals surface area contributed by atoms with Crippen molar-refractivity contribution in [2.75, 3.05) is 0 Å². The van der Waals surface area contributed by atoms with E-state index in [-0.39, 0.29) is 5.56 Å². The van der Waals surface area contributed by atoms with Gasteiger partial charge in [-0.05, 0) is 0 Å². The van der Waals surface area contributed by atoms with Crippen molar-refractivity contribution < 1.29 is 0 Å². The van der Waals surface area contributed by atoms with Crippen molar-refractivity contribution in [2.45, 2.75) is 26.4 Å². The van der Waals surface area contributed by atoms with Crippen molar-refractivity contribution in [3.63, 3.8) is 0 Å².